The number of methoxy groups -OCH3 is 1. The number of dihydropyridines is 1. The fourth-order valence-corrected chi connectivity index (χ4v) is 6.20. The number of ether oxygens (including phenoxy) is 2. The molecule has 2 unspecified atom stereocenters. The molecule has 3 aliphatic heterocycles. The highest BCUT2D eigenvalue weighted by Crippen LogP contribution is 2.41. The van der Waals surface area contributed by atoms with E-state index in [9.17, 15) is 5.11 Å². The van der Waals surface area contributed by atoms with Crippen molar-refractivity contribution in [3.05, 3.63) is 82.4 Å². The zero-order valence-corrected chi connectivity index (χ0v) is 23.5. The Morgan fingerprint density at radius 1 is 1.18 bits per heavy atom. The minimum Gasteiger partial charge on any atom is -0.491 e. The van der Waals surface area contributed by atoms with Crippen molar-refractivity contribution in [3.63, 3.8) is 0 Å². The average Bonchev–Trinajstić information content (AvgIpc) is 3.06. The molecule has 0 amide bonds. The van der Waals surface area contributed by atoms with Gasteiger partial charge in [-0.2, -0.15) is 0 Å². The molecule has 2 atom stereocenters. The molecule has 202 valence electrons. The van der Waals surface area contributed by atoms with Gasteiger partial charge in [0.15, 0.2) is 0 Å². The van der Waals surface area contributed by atoms with E-state index in [1.54, 1.807) is 7.11 Å². The van der Waals surface area contributed by atoms with Gasteiger partial charge in [0.25, 0.3) is 0 Å². The first-order valence-electron chi connectivity index (χ1n) is 13.7. The van der Waals surface area contributed by atoms with Gasteiger partial charge in [0.05, 0.1) is 18.2 Å². The van der Waals surface area contributed by atoms with Gasteiger partial charge in [-0.15, -0.1) is 0 Å². The summed E-state index contributed by atoms with van der Waals surface area (Å²) in [5.74, 6) is 1.03. The number of aliphatic imine (C=N–C) groups is 1. The number of hydrogen-bond donors (Lipinski definition) is 1. The lowest BCUT2D eigenvalue weighted by Crippen LogP contribution is -2.45. The van der Waals surface area contributed by atoms with Crippen LogP contribution in [0.3, 0.4) is 0 Å². The molecule has 1 saturated heterocycles. The molecule has 0 aliphatic carbocycles. The van der Waals surface area contributed by atoms with Crippen molar-refractivity contribution in [2.24, 2.45) is 10.9 Å². The van der Waals surface area contributed by atoms with Crippen molar-refractivity contribution >= 4 is 23.4 Å². The molecule has 5 nitrogen and oxygen atoms in total. The van der Waals surface area contributed by atoms with Gasteiger partial charge >= 0.3 is 0 Å². The van der Waals surface area contributed by atoms with Crippen LogP contribution in [0.2, 0.25) is 5.02 Å². The Morgan fingerprint density at radius 3 is 2.66 bits per heavy atom. The first kappa shape index (κ1) is 27.1. The third-order valence-corrected chi connectivity index (χ3v) is 8.61. The van der Waals surface area contributed by atoms with Gasteiger partial charge in [0, 0.05) is 41.8 Å². The Labute approximate surface area is 231 Å². The van der Waals surface area contributed by atoms with Crippen LogP contribution in [0.1, 0.15) is 49.8 Å². The van der Waals surface area contributed by atoms with Gasteiger partial charge in [0.1, 0.15) is 12.4 Å². The van der Waals surface area contributed by atoms with Gasteiger partial charge in [-0.25, -0.2) is 0 Å². The molecule has 3 heterocycles. The Balaban J connectivity index is 1.33. The molecule has 0 saturated carbocycles. The highest BCUT2D eigenvalue weighted by molar-refractivity contribution is 6.30. The monoisotopic (exact) mass is 534 g/mol. The summed E-state index contributed by atoms with van der Waals surface area (Å²) < 4.78 is 11.9. The largest absolute Gasteiger partial charge is 0.491 e. The highest BCUT2D eigenvalue weighted by atomic mass is 35.5. The lowest BCUT2D eigenvalue weighted by molar-refractivity contribution is 0.0733. The van der Waals surface area contributed by atoms with E-state index in [0.29, 0.717) is 6.61 Å². The zero-order valence-electron chi connectivity index (χ0n) is 22.7. The summed E-state index contributed by atoms with van der Waals surface area (Å²) in [4.78, 5) is 7.29. The lowest BCUT2D eigenvalue weighted by Gasteiger charge is -2.42. The van der Waals surface area contributed by atoms with E-state index in [1.165, 1.54) is 11.1 Å². The number of benzene rings is 2. The number of hydrogen-bond acceptors (Lipinski definition) is 5. The van der Waals surface area contributed by atoms with Gasteiger partial charge < -0.3 is 19.5 Å². The minimum absolute atomic E-state index is 0.0392. The van der Waals surface area contributed by atoms with Gasteiger partial charge in [0.2, 0.25) is 0 Å². The van der Waals surface area contributed by atoms with Crippen LogP contribution in [0, 0.1) is 5.92 Å². The maximum Gasteiger partial charge on any atom is 0.126 e. The smallest absolute Gasteiger partial charge is 0.126 e. The summed E-state index contributed by atoms with van der Waals surface area (Å²) in [6, 6.07) is 14.4. The molecule has 0 aromatic heterocycles. The second-order valence-corrected chi connectivity index (χ2v) is 11.8. The molecule has 5 rings (SSSR count). The first-order chi connectivity index (χ1) is 18.3. The minimum atomic E-state index is -0.918. The SMILES string of the molecule is COCC1(c2ccc(Cl)cc2)CCN(CC/C=C2/c3cc(C(C)(C)O)ccc3OCC3N=CC=CC23)CC1. The van der Waals surface area contributed by atoms with Crippen LogP contribution < -0.4 is 4.74 Å². The highest BCUT2D eigenvalue weighted by Gasteiger charge is 2.36. The maximum absolute atomic E-state index is 10.7. The summed E-state index contributed by atoms with van der Waals surface area (Å²) in [6.07, 6.45) is 11.6. The summed E-state index contributed by atoms with van der Waals surface area (Å²) in [7, 11) is 1.80. The van der Waals surface area contributed by atoms with E-state index < -0.39 is 5.60 Å². The van der Waals surface area contributed by atoms with Crippen LogP contribution in [0.5, 0.6) is 5.75 Å². The normalized spacial score (nSPS) is 24.0. The van der Waals surface area contributed by atoms with E-state index >= 15 is 0 Å². The molecule has 0 bridgehead atoms. The molecule has 6 heteroatoms. The Bertz CT molecular complexity index is 1200. The zero-order chi connectivity index (χ0) is 26.8. The van der Waals surface area contributed by atoms with Crippen molar-refractivity contribution < 1.29 is 14.6 Å². The van der Waals surface area contributed by atoms with Crippen LogP contribution in [0.4, 0.5) is 0 Å². The second kappa shape index (κ2) is 11.4. The summed E-state index contributed by atoms with van der Waals surface area (Å²) >= 11 is 6.16. The van der Waals surface area contributed by atoms with E-state index in [0.717, 1.165) is 67.4 Å². The number of likely N-dealkylation sites (tertiary alicyclic amines) is 1. The molecule has 2 aromatic rings. The fourth-order valence-electron chi connectivity index (χ4n) is 6.07. The predicted molar refractivity (Wildman–Crippen MR) is 155 cm³/mol. The summed E-state index contributed by atoms with van der Waals surface area (Å²) in [5.41, 5.74) is 3.64. The number of allylic oxidation sites excluding steroid dienone is 1. The number of halogens is 1. The molecule has 2 aromatic carbocycles. The quantitative estimate of drug-likeness (QED) is 0.470. The van der Waals surface area contributed by atoms with E-state index in [2.05, 4.69) is 35.3 Å². The molecular formula is C32H39ClN2O3. The van der Waals surface area contributed by atoms with Crippen molar-refractivity contribution in [3.8, 4) is 5.75 Å². The van der Waals surface area contributed by atoms with Gasteiger partial charge in [-0.1, -0.05) is 42.0 Å². The Morgan fingerprint density at radius 2 is 1.95 bits per heavy atom. The summed E-state index contributed by atoms with van der Waals surface area (Å²) in [6.45, 7) is 8.00. The van der Waals surface area contributed by atoms with Crippen LogP contribution in [-0.4, -0.2) is 62.2 Å². The van der Waals surface area contributed by atoms with E-state index in [4.69, 9.17) is 26.1 Å². The number of piperidine rings is 1. The predicted octanol–water partition coefficient (Wildman–Crippen LogP) is 6.04. The summed E-state index contributed by atoms with van der Waals surface area (Å²) in [5, 5.41) is 11.5. The van der Waals surface area contributed by atoms with Crippen LogP contribution >= 0.6 is 11.6 Å². The Hall–Kier alpha value is -2.44. The van der Waals surface area contributed by atoms with Crippen LogP contribution in [0.25, 0.3) is 5.57 Å². The van der Waals surface area contributed by atoms with Crippen molar-refractivity contribution in [1.82, 2.24) is 4.90 Å². The topological polar surface area (TPSA) is 54.3 Å². The molecule has 1 N–H and O–H groups in total. The molecule has 3 aliphatic rings. The van der Waals surface area contributed by atoms with Crippen molar-refractivity contribution in [2.45, 2.75) is 50.2 Å². The molecule has 0 radical (unpaired) electrons. The number of aliphatic hydroxyl groups is 1. The molecule has 1 fully saturated rings. The Kier molecular flexibility index (Phi) is 8.11. The van der Waals surface area contributed by atoms with E-state index in [-0.39, 0.29) is 17.4 Å². The number of rotatable bonds is 7. The second-order valence-electron chi connectivity index (χ2n) is 11.4. The third kappa shape index (κ3) is 5.76. The number of fused-ring (bicyclic) bond motifs is 2. The average molecular weight is 535 g/mol. The maximum atomic E-state index is 10.7. The van der Waals surface area contributed by atoms with Crippen molar-refractivity contribution in [2.75, 3.05) is 40.0 Å². The van der Waals surface area contributed by atoms with Gasteiger partial charge in [-0.3, -0.25) is 4.99 Å². The fraction of sp³-hybridized carbons (Fsp3) is 0.469. The van der Waals surface area contributed by atoms with Crippen molar-refractivity contribution in [1.29, 1.82) is 0 Å². The van der Waals surface area contributed by atoms with E-state index in [1.807, 2.05) is 50.4 Å². The number of nitrogens with zero attached hydrogens (tertiary/aromatic N) is 2. The lowest BCUT2D eigenvalue weighted by atomic mass is 9.73. The van der Waals surface area contributed by atoms with Crippen LogP contribution in [-0.2, 0) is 15.8 Å². The third-order valence-electron chi connectivity index (χ3n) is 8.36. The standard InChI is InChI=1S/C32H39ClN2O3/c1-31(2,36)24-10-13-30-28(20-24)26(27-6-4-16-34-29(27)21-38-30)7-5-17-35-18-14-32(15-19-35,22-37-3)23-8-11-25(33)12-9-23/h4,6-13,16,20,27,29,36H,5,14-15,17-19,21-22H2,1-3H3/b26-7+. The van der Waals surface area contributed by atoms with Crippen LogP contribution in [0.15, 0.2) is 65.7 Å². The molecule has 0 spiro atoms. The van der Waals surface area contributed by atoms with Gasteiger partial charge in [-0.05, 0) is 93.2 Å². The molecular weight excluding hydrogens is 496 g/mol. The first-order valence-corrected chi connectivity index (χ1v) is 14.0. The molecule has 38 heavy (non-hydrogen) atoms.